The van der Waals surface area contributed by atoms with Gasteiger partial charge in [0, 0.05) is 0 Å². The Kier molecular flexibility index (Phi) is 6.71. The molecule has 0 aliphatic heterocycles. The van der Waals surface area contributed by atoms with Gasteiger partial charge in [0.25, 0.3) is 0 Å². The number of aromatic nitrogens is 2. The Labute approximate surface area is 149 Å². The van der Waals surface area contributed by atoms with Gasteiger partial charge in [-0.1, -0.05) is 39.5 Å². The van der Waals surface area contributed by atoms with Crippen molar-refractivity contribution < 1.29 is 0 Å². The number of rotatable bonds is 8. The Morgan fingerprint density at radius 3 is 2.04 bits per heavy atom. The highest BCUT2D eigenvalue weighted by molar-refractivity contribution is 5.92. The second-order valence-corrected chi connectivity index (χ2v) is 6.34. The molecule has 5 nitrogen and oxygen atoms in total. The van der Waals surface area contributed by atoms with Crippen LogP contribution in [0.2, 0.25) is 0 Å². The minimum Gasteiger partial charge on any atom is -0.396 e. The molecule has 2 rings (SSSR count). The molecule has 0 aliphatic carbocycles. The third-order valence-corrected chi connectivity index (χ3v) is 4.42. The molecule has 1 aromatic carbocycles. The van der Waals surface area contributed by atoms with Crippen LogP contribution in [-0.2, 0) is 12.8 Å². The smallest absolute Gasteiger partial charge is 0.113 e. The Balaban J connectivity index is 2.54. The van der Waals surface area contributed by atoms with Gasteiger partial charge in [0.15, 0.2) is 0 Å². The van der Waals surface area contributed by atoms with Gasteiger partial charge in [-0.25, -0.2) is 9.97 Å². The van der Waals surface area contributed by atoms with Crippen molar-refractivity contribution in [1.29, 1.82) is 10.5 Å². The van der Waals surface area contributed by atoms with Crippen molar-refractivity contribution in [1.82, 2.24) is 9.97 Å². The summed E-state index contributed by atoms with van der Waals surface area (Å²) in [5.41, 5.74) is 9.99. The maximum atomic E-state index is 9.30. The minimum absolute atomic E-state index is 0.197. The normalized spacial score (nSPS) is 10.6. The van der Waals surface area contributed by atoms with Gasteiger partial charge < -0.3 is 5.73 Å². The molecular weight excluding hydrogens is 310 g/mol. The number of unbranched alkanes of at least 4 members (excludes halogenated alkanes) is 4. The number of nitrogens with two attached hydrogens (primary N) is 1. The second-order valence-electron chi connectivity index (χ2n) is 6.34. The molecule has 0 spiro atoms. The monoisotopic (exact) mass is 335 g/mol. The molecule has 0 saturated carbocycles. The number of nitrogen functional groups attached to an aromatic ring is 1. The first-order chi connectivity index (χ1) is 12.2. The highest BCUT2D eigenvalue weighted by atomic mass is 14.8. The van der Waals surface area contributed by atoms with Crippen LogP contribution in [0.1, 0.15) is 74.9 Å². The quantitative estimate of drug-likeness (QED) is 0.568. The molecule has 0 saturated heterocycles. The summed E-state index contributed by atoms with van der Waals surface area (Å²) in [5, 5.41) is 18.6. The molecule has 5 heteroatoms. The zero-order chi connectivity index (χ0) is 18.2. The first kappa shape index (κ1) is 18.7. The SMILES string of the molecule is CCCCCc1nc2cc(C#N)c(C#N)c(N)c2nc1CCCCC. The molecule has 0 amide bonds. The van der Waals surface area contributed by atoms with Crippen molar-refractivity contribution in [3.8, 4) is 12.1 Å². The zero-order valence-corrected chi connectivity index (χ0v) is 15.1. The Morgan fingerprint density at radius 2 is 1.52 bits per heavy atom. The summed E-state index contributed by atoms with van der Waals surface area (Å²) in [6.45, 7) is 4.35. The number of benzene rings is 1. The van der Waals surface area contributed by atoms with Crippen LogP contribution in [0.5, 0.6) is 0 Å². The van der Waals surface area contributed by atoms with E-state index in [1.54, 1.807) is 6.07 Å². The van der Waals surface area contributed by atoms with Gasteiger partial charge in [-0.15, -0.1) is 0 Å². The van der Waals surface area contributed by atoms with Crippen LogP contribution in [0, 0.1) is 22.7 Å². The number of nitrogens with zero attached hydrogens (tertiary/aromatic N) is 4. The number of hydrogen-bond acceptors (Lipinski definition) is 5. The third-order valence-electron chi connectivity index (χ3n) is 4.42. The van der Waals surface area contributed by atoms with Crippen LogP contribution < -0.4 is 5.73 Å². The van der Waals surface area contributed by atoms with Crippen LogP contribution in [0.4, 0.5) is 5.69 Å². The molecule has 0 aliphatic rings. The van der Waals surface area contributed by atoms with Crippen LogP contribution in [0.25, 0.3) is 11.0 Å². The summed E-state index contributed by atoms with van der Waals surface area (Å²) in [5.74, 6) is 0. The van der Waals surface area contributed by atoms with Crippen molar-refractivity contribution >= 4 is 16.7 Å². The highest BCUT2D eigenvalue weighted by Crippen LogP contribution is 2.27. The zero-order valence-electron chi connectivity index (χ0n) is 15.1. The van der Waals surface area contributed by atoms with E-state index < -0.39 is 0 Å². The van der Waals surface area contributed by atoms with Crippen LogP contribution >= 0.6 is 0 Å². The summed E-state index contributed by atoms with van der Waals surface area (Å²) in [7, 11) is 0. The van der Waals surface area contributed by atoms with E-state index in [0.717, 1.165) is 62.8 Å². The first-order valence-electron chi connectivity index (χ1n) is 9.08. The fraction of sp³-hybridized carbons (Fsp3) is 0.500. The van der Waals surface area contributed by atoms with Gasteiger partial charge >= 0.3 is 0 Å². The van der Waals surface area contributed by atoms with Gasteiger partial charge in [-0.2, -0.15) is 10.5 Å². The lowest BCUT2D eigenvalue weighted by Crippen LogP contribution is -2.06. The van der Waals surface area contributed by atoms with E-state index in [-0.39, 0.29) is 16.8 Å². The molecule has 0 fully saturated rings. The largest absolute Gasteiger partial charge is 0.396 e. The molecule has 0 radical (unpaired) electrons. The number of nitriles is 2. The number of anilines is 1. The van der Waals surface area contributed by atoms with Crippen molar-refractivity contribution in [3.05, 3.63) is 28.6 Å². The minimum atomic E-state index is 0.197. The molecular formula is C20H25N5. The van der Waals surface area contributed by atoms with E-state index in [9.17, 15) is 10.5 Å². The van der Waals surface area contributed by atoms with Gasteiger partial charge in [-0.05, 0) is 31.7 Å². The Bertz CT molecular complexity index is 827. The van der Waals surface area contributed by atoms with Crippen LogP contribution in [0.15, 0.2) is 6.07 Å². The summed E-state index contributed by atoms with van der Waals surface area (Å²) in [6, 6.07) is 5.69. The van der Waals surface area contributed by atoms with E-state index in [0.29, 0.717) is 11.0 Å². The maximum absolute atomic E-state index is 9.30. The molecule has 1 heterocycles. The summed E-state index contributed by atoms with van der Waals surface area (Å²) in [6.07, 6.45) is 8.53. The number of fused-ring (bicyclic) bond motifs is 1. The van der Waals surface area contributed by atoms with Crippen LogP contribution in [-0.4, -0.2) is 9.97 Å². The average Bonchev–Trinajstić information content (AvgIpc) is 2.62. The van der Waals surface area contributed by atoms with E-state index in [1.807, 2.05) is 12.1 Å². The van der Waals surface area contributed by atoms with Gasteiger partial charge in [-0.3, -0.25) is 0 Å². The Morgan fingerprint density at radius 1 is 0.920 bits per heavy atom. The second kappa shape index (κ2) is 8.99. The number of aryl methyl sites for hydroxylation is 2. The molecule has 0 unspecified atom stereocenters. The fourth-order valence-corrected chi connectivity index (χ4v) is 2.98. The molecule has 130 valence electrons. The molecule has 2 aromatic rings. The van der Waals surface area contributed by atoms with Crippen molar-refractivity contribution in [2.45, 2.75) is 65.2 Å². The van der Waals surface area contributed by atoms with E-state index in [2.05, 4.69) is 13.8 Å². The molecule has 2 N–H and O–H groups in total. The highest BCUT2D eigenvalue weighted by Gasteiger charge is 2.16. The van der Waals surface area contributed by atoms with Gasteiger partial charge in [0.2, 0.25) is 0 Å². The topological polar surface area (TPSA) is 99.4 Å². The summed E-state index contributed by atoms with van der Waals surface area (Å²) in [4.78, 5) is 9.53. The van der Waals surface area contributed by atoms with E-state index in [4.69, 9.17) is 15.7 Å². The molecule has 0 atom stereocenters. The van der Waals surface area contributed by atoms with Crippen molar-refractivity contribution in [2.75, 3.05) is 5.73 Å². The van der Waals surface area contributed by atoms with Gasteiger partial charge in [0.1, 0.15) is 17.7 Å². The average molecular weight is 335 g/mol. The van der Waals surface area contributed by atoms with E-state index in [1.165, 1.54) is 0 Å². The lowest BCUT2D eigenvalue weighted by atomic mass is 10.0. The van der Waals surface area contributed by atoms with Crippen molar-refractivity contribution in [2.24, 2.45) is 0 Å². The molecule has 1 aromatic heterocycles. The van der Waals surface area contributed by atoms with E-state index >= 15 is 0 Å². The van der Waals surface area contributed by atoms with Crippen molar-refractivity contribution in [3.63, 3.8) is 0 Å². The summed E-state index contributed by atoms with van der Waals surface area (Å²) >= 11 is 0. The number of hydrogen-bond donors (Lipinski definition) is 1. The maximum Gasteiger partial charge on any atom is 0.113 e. The predicted octanol–water partition coefficient (Wildman–Crippen LogP) is 4.42. The molecule has 25 heavy (non-hydrogen) atoms. The van der Waals surface area contributed by atoms with Crippen LogP contribution in [0.3, 0.4) is 0 Å². The lowest BCUT2D eigenvalue weighted by Gasteiger charge is -2.12. The predicted molar refractivity (Wildman–Crippen MR) is 99.8 cm³/mol. The Hall–Kier alpha value is -2.66. The standard InChI is InChI=1S/C20H25N5/c1-3-5-7-9-16-17(10-8-6-4-2)25-20-18(24-16)11-14(12-21)15(13-22)19(20)23/h11H,3-10,23H2,1-2H3. The summed E-state index contributed by atoms with van der Waals surface area (Å²) < 4.78 is 0. The first-order valence-corrected chi connectivity index (χ1v) is 9.08. The third kappa shape index (κ3) is 4.25. The fourth-order valence-electron chi connectivity index (χ4n) is 2.98. The molecule has 0 bridgehead atoms. The van der Waals surface area contributed by atoms with Gasteiger partial charge in [0.05, 0.1) is 33.7 Å². The lowest BCUT2D eigenvalue weighted by molar-refractivity contribution is 0.675.